The molecule has 0 heterocycles. The largest absolute Gasteiger partial charge is 0.507 e. The standard InChI is InChI=1S/C14H15NO2/c1-9-11-7-5-4-6-10(11)8-12(13(9)16)14(17)15(2)3/h4-8,16H,1-3H3. The average Bonchev–Trinajstić information content (AvgIpc) is 2.33. The molecule has 0 spiro atoms. The van der Waals surface area contributed by atoms with Crippen LogP contribution < -0.4 is 0 Å². The highest BCUT2D eigenvalue weighted by molar-refractivity contribution is 6.02. The summed E-state index contributed by atoms with van der Waals surface area (Å²) in [6, 6.07) is 9.45. The van der Waals surface area contributed by atoms with Crippen LogP contribution in [0, 0.1) is 6.92 Å². The summed E-state index contributed by atoms with van der Waals surface area (Å²) < 4.78 is 0. The highest BCUT2D eigenvalue weighted by Crippen LogP contribution is 2.30. The second kappa shape index (κ2) is 4.09. The van der Waals surface area contributed by atoms with E-state index in [1.54, 1.807) is 20.2 Å². The highest BCUT2D eigenvalue weighted by atomic mass is 16.3. The van der Waals surface area contributed by atoms with E-state index in [0.717, 1.165) is 16.3 Å². The van der Waals surface area contributed by atoms with Crippen molar-refractivity contribution >= 4 is 16.7 Å². The van der Waals surface area contributed by atoms with Crippen molar-refractivity contribution in [3.63, 3.8) is 0 Å². The van der Waals surface area contributed by atoms with Crippen LogP contribution in [0.5, 0.6) is 5.75 Å². The van der Waals surface area contributed by atoms with Gasteiger partial charge in [0.05, 0.1) is 5.56 Å². The van der Waals surface area contributed by atoms with E-state index >= 15 is 0 Å². The van der Waals surface area contributed by atoms with Crippen molar-refractivity contribution in [3.8, 4) is 5.75 Å². The summed E-state index contributed by atoms with van der Waals surface area (Å²) in [5.41, 5.74) is 1.10. The molecule has 3 nitrogen and oxygen atoms in total. The molecule has 0 aliphatic carbocycles. The molecular formula is C14H15NO2. The third-order valence-electron chi connectivity index (χ3n) is 2.91. The van der Waals surface area contributed by atoms with Gasteiger partial charge in [-0.05, 0) is 29.3 Å². The number of aryl methyl sites for hydroxylation is 1. The molecule has 2 rings (SSSR count). The molecule has 17 heavy (non-hydrogen) atoms. The predicted molar refractivity (Wildman–Crippen MR) is 68.4 cm³/mol. The maximum Gasteiger partial charge on any atom is 0.257 e. The minimum absolute atomic E-state index is 0.0717. The lowest BCUT2D eigenvalue weighted by molar-refractivity contribution is 0.0824. The van der Waals surface area contributed by atoms with Crippen molar-refractivity contribution in [3.05, 3.63) is 41.5 Å². The molecule has 0 unspecified atom stereocenters. The lowest BCUT2D eigenvalue weighted by Gasteiger charge is -2.14. The van der Waals surface area contributed by atoms with E-state index in [1.165, 1.54) is 4.90 Å². The molecule has 2 aromatic carbocycles. The Bertz CT molecular complexity index is 588. The van der Waals surface area contributed by atoms with Crippen LogP contribution in [-0.4, -0.2) is 30.0 Å². The Morgan fingerprint density at radius 1 is 1.24 bits per heavy atom. The van der Waals surface area contributed by atoms with Gasteiger partial charge in [0.2, 0.25) is 0 Å². The van der Waals surface area contributed by atoms with Crippen molar-refractivity contribution in [2.75, 3.05) is 14.1 Å². The summed E-state index contributed by atoms with van der Waals surface area (Å²) in [7, 11) is 3.35. The Kier molecular flexibility index (Phi) is 2.76. The topological polar surface area (TPSA) is 40.5 Å². The fourth-order valence-corrected chi connectivity index (χ4v) is 1.92. The van der Waals surface area contributed by atoms with Crippen molar-refractivity contribution in [1.29, 1.82) is 0 Å². The Balaban J connectivity index is 2.74. The number of carbonyl (C=O) groups excluding carboxylic acids is 1. The van der Waals surface area contributed by atoms with E-state index in [0.29, 0.717) is 5.56 Å². The molecule has 1 amide bonds. The number of aromatic hydroxyl groups is 1. The molecule has 0 aliphatic heterocycles. The number of phenols is 1. The fraction of sp³-hybridized carbons (Fsp3) is 0.214. The van der Waals surface area contributed by atoms with Gasteiger partial charge >= 0.3 is 0 Å². The molecule has 0 aliphatic rings. The smallest absolute Gasteiger partial charge is 0.257 e. The van der Waals surface area contributed by atoms with Gasteiger partial charge < -0.3 is 10.0 Å². The van der Waals surface area contributed by atoms with Crippen molar-refractivity contribution in [2.24, 2.45) is 0 Å². The predicted octanol–water partition coefficient (Wildman–Crippen LogP) is 2.56. The third kappa shape index (κ3) is 1.84. The SMILES string of the molecule is Cc1c(O)c(C(=O)N(C)C)cc2ccccc12. The molecule has 0 atom stereocenters. The summed E-state index contributed by atoms with van der Waals surface area (Å²) in [5.74, 6) is -0.112. The summed E-state index contributed by atoms with van der Waals surface area (Å²) in [5, 5.41) is 12.0. The second-order valence-electron chi connectivity index (χ2n) is 4.32. The Morgan fingerprint density at radius 3 is 2.53 bits per heavy atom. The average molecular weight is 229 g/mol. The van der Waals surface area contributed by atoms with E-state index in [1.807, 2.05) is 31.2 Å². The zero-order valence-corrected chi connectivity index (χ0v) is 10.2. The minimum Gasteiger partial charge on any atom is -0.507 e. The van der Waals surface area contributed by atoms with Crippen LogP contribution in [0.1, 0.15) is 15.9 Å². The molecule has 0 radical (unpaired) electrons. The normalized spacial score (nSPS) is 10.5. The lowest BCUT2D eigenvalue weighted by atomic mass is 10.00. The van der Waals surface area contributed by atoms with Gasteiger partial charge in [-0.2, -0.15) is 0 Å². The van der Waals surface area contributed by atoms with E-state index in [-0.39, 0.29) is 11.7 Å². The first-order valence-corrected chi connectivity index (χ1v) is 5.45. The summed E-state index contributed by atoms with van der Waals surface area (Å²) in [6.45, 7) is 1.82. The van der Waals surface area contributed by atoms with Crippen molar-refractivity contribution in [2.45, 2.75) is 6.92 Å². The van der Waals surface area contributed by atoms with Crippen LogP contribution in [0.2, 0.25) is 0 Å². The van der Waals surface area contributed by atoms with Gasteiger partial charge in [-0.25, -0.2) is 0 Å². The first-order chi connectivity index (χ1) is 8.02. The number of benzene rings is 2. The maximum atomic E-state index is 11.9. The molecule has 0 saturated heterocycles. The van der Waals surface area contributed by atoms with Crippen LogP contribution in [-0.2, 0) is 0 Å². The number of phenolic OH excluding ortho intramolecular Hbond substituents is 1. The van der Waals surface area contributed by atoms with Gasteiger partial charge in [-0.1, -0.05) is 24.3 Å². The van der Waals surface area contributed by atoms with Crippen LogP contribution in [0.3, 0.4) is 0 Å². The second-order valence-corrected chi connectivity index (χ2v) is 4.32. The molecule has 88 valence electrons. The van der Waals surface area contributed by atoms with Crippen LogP contribution in [0.4, 0.5) is 0 Å². The van der Waals surface area contributed by atoms with Crippen molar-refractivity contribution < 1.29 is 9.90 Å². The maximum absolute atomic E-state index is 11.9. The van der Waals surface area contributed by atoms with Gasteiger partial charge in [0.1, 0.15) is 5.75 Å². The molecule has 3 heteroatoms. The zero-order chi connectivity index (χ0) is 12.6. The Morgan fingerprint density at radius 2 is 1.88 bits per heavy atom. The molecular weight excluding hydrogens is 214 g/mol. The number of fused-ring (bicyclic) bond motifs is 1. The third-order valence-corrected chi connectivity index (χ3v) is 2.91. The molecule has 1 N–H and O–H groups in total. The fourth-order valence-electron chi connectivity index (χ4n) is 1.92. The number of carbonyl (C=O) groups is 1. The molecule has 0 aromatic heterocycles. The molecule has 2 aromatic rings. The lowest BCUT2D eigenvalue weighted by Crippen LogP contribution is -2.21. The van der Waals surface area contributed by atoms with Crippen LogP contribution in [0.25, 0.3) is 10.8 Å². The van der Waals surface area contributed by atoms with E-state index in [4.69, 9.17) is 0 Å². The van der Waals surface area contributed by atoms with Gasteiger partial charge in [0, 0.05) is 14.1 Å². The first kappa shape index (κ1) is 11.5. The number of amides is 1. The van der Waals surface area contributed by atoms with E-state index in [9.17, 15) is 9.90 Å². The Labute approximate surface area is 100 Å². The monoisotopic (exact) mass is 229 g/mol. The van der Waals surface area contributed by atoms with E-state index in [2.05, 4.69) is 0 Å². The quantitative estimate of drug-likeness (QED) is 0.816. The number of rotatable bonds is 1. The first-order valence-electron chi connectivity index (χ1n) is 5.45. The van der Waals surface area contributed by atoms with Gasteiger partial charge in [0.25, 0.3) is 5.91 Å². The van der Waals surface area contributed by atoms with Crippen LogP contribution >= 0.6 is 0 Å². The molecule has 0 bridgehead atoms. The van der Waals surface area contributed by atoms with E-state index < -0.39 is 0 Å². The van der Waals surface area contributed by atoms with Gasteiger partial charge in [-0.15, -0.1) is 0 Å². The van der Waals surface area contributed by atoms with Gasteiger partial charge in [-0.3, -0.25) is 4.79 Å². The molecule has 0 saturated carbocycles. The summed E-state index contributed by atoms with van der Waals surface area (Å²) >= 11 is 0. The summed E-state index contributed by atoms with van der Waals surface area (Å²) in [6.07, 6.45) is 0. The summed E-state index contributed by atoms with van der Waals surface area (Å²) in [4.78, 5) is 13.4. The highest BCUT2D eigenvalue weighted by Gasteiger charge is 2.16. The minimum atomic E-state index is -0.184. The number of hydrogen-bond acceptors (Lipinski definition) is 2. The van der Waals surface area contributed by atoms with Crippen molar-refractivity contribution in [1.82, 2.24) is 4.90 Å². The van der Waals surface area contributed by atoms with Gasteiger partial charge in [0.15, 0.2) is 0 Å². The number of nitrogens with zero attached hydrogens (tertiary/aromatic N) is 1. The number of hydrogen-bond donors (Lipinski definition) is 1. The molecule has 0 fully saturated rings. The zero-order valence-electron chi connectivity index (χ0n) is 10.2. The van der Waals surface area contributed by atoms with Crippen LogP contribution in [0.15, 0.2) is 30.3 Å². The Hall–Kier alpha value is -2.03.